The third-order valence-corrected chi connectivity index (χ3v) is 6.57. The van der Waals surface area contributed by atoms with Crippen molar-refractivity contribution in [1.29, 1.82) is 0 Å². The molecule has 1 aromatic carbocycles. The quantitative estimate of drug-likeness (QED) is 0.507. The Labute approximate surface area is 151 Å². The highest BCUT2D eigenvalue weighted by molar-refractivity contribution is 7.18. The minimum Gasteiger partial charge on any atom is -0.337 e. The molecule has 0 bridgehead atoms. The fourth-order valence-electron chi connectivity index (χ4n) is 3.12. The number of fused-ring (bicyclic) bond motifs is 1. The molecule has 3 heterocycles. The number of likely N-dealkylation sites (tertiary alicyclic amines) is 1. The maximum absolute atomic E-state index is 12.7. The van der Waals surface area contributed by atoms with Crippen molar-refractivity contribution in [3.63, 3.8) is 0 Å². The van der Waals surface area contributed by atoms with Gasteiger partial charge in [-0.1, -0.05) is 23.5 Å². The van der Waals surface area contributed by atoms with Crippen molar-refractivity contribution < 1.29 is 9.72 Å². The number of amides is 1. The van der Waals surface area contributed by atoms with Crippen molar-refractivity contribution in [3.05, 3.63) is 56.4 Å². The third-order valence-electron chi connectivity index (χ3n) is 4.35. The van der Waals surface area contributed by atoms with Crippen LogP contribution in [0, 0.1) is 10.1 Å². The highest BCUT2D eigenvalue weighted by Crippen LogP contribution is 2.34. The zero-order valence-electron chi connectivity index (χ0n) is 13.3. The maximum atomic E-state index is 12.7. The van der Waals surface area contributed by atoms with E-state index in [0.717, 1.165) is 39.4 Å². The molecule has 1 saturated heterocycles. The van der Waals surface area contributed by atoms with Crippen molar-refractivity contribution in [3.8, 4) is 0 Å². The summed E-state index contributed by atoms with van der Waals surface area (Å²) in [6, 6.07) is 11.0. The molecule has 1 aliphatic heterocycles. The summed E-state index contributed by atoms with van der Waals surface area (Å²) in [5.74, 6) is 0.106. The number of thiazole rings is 1. The molecule has 0 saturated carbocycles. The average molecular weight is 373 g/mol. The molecule has 6 nitrogen and oxygen atoms in total. The molecule has 8 heteroatoms. The minimum atomic E-state index is -0.457. The smallest absolute Gasteiger partial charge is 0.324 e. The molecule has 1 fully saturated rings. The van der Waals surface area contributed by atoms with E-state index in [9.17, 15) is 14.9 Å². The summed E-state index contributed by atoms with van der Waals surface area (Å²) < 4.78 is 1.16. The van der Waals surface area contributed by atoms with E-state index >= 15 is 0 Å². The van der Waals surface area contributed by atoms with Gasteiger partial charge in [0.25, 0.3) is 5.91 Å². The Hall–Kier alpha value is -2.32. The number of nitro groups is 1. The molecule has 0 N–H and O–H groups in total. The molecule has 4 rings (SSSR count). The molecule has 0 unspecified atom stereocenters. The fourth-order valence-corrected chi connectivity index (χ4v) is 5.01. The number of hydrogen-bond acceptors (Lipinski definition) is 6. The lowest BCUT2D eigenvalue weighted by Crippen LogP contribution is -2.38. The molecule has 25 heavy (non-hydrogen) atoms. The van der Waals surface area contributed by atoms with Gasteiger partial charge in [-0.25, -0.2) is 4.98 Å². The monoisotopic (exact) mass is 373 g/mol. The number of carbonyl (C=O) groups excluding carboxylic acids is 1. The number of aromatic nitrogens is 1. The Kier molecular flexibility index (Phi) is 4.22. The molecule has 0 aliphatic carbocycles. The summed E-state index contributed by atoms with van der Waals surface area (Å²) in [6.45, 7) is 1.30. The van der Waals surface area contributed by atoms with Crippen molar-refractivity contribution in [2.75, 3.05) is 13.1 Å². The van der Waals surface area contributed by atoms with Crippen LogP contribution in [0.2, 0.25) is 0 Å². The van der Waals surface area contributed by atoms with Crippen LogP contribution in [0.25, 0.3) is 10.2 Å². The molecular formula is C17H15N3O3S2. The summed E-state index contributed by atoms with van der Waals surface area (Å²) in [5.41, 5.74) is 1.000. The topological polar surface area (TPSA) is 76.3 Å². The van der Waals surface area contributed by atoms with Crippen LogP contribution in [0.4, 0.5) is 5.00 Å². The van der Waals surface area contributed by atoms with Crippen LogP contribution in [0.3, 0.4) is 0 Å². The standard InChI is InChI=1S/C17H15N3O3S2/c21-17(14-7-8-15(24-14)20(22)23)19-9-3-4-11(10-19)16-18-12-5-1-2-6-13(12)25-16/h1-2,5-8,11H,3-4,9-10H2/t11-/m0/s1. The fraction of sp³-hybridized carbons (Fsp3) is 0.294. The van der Waals surface area contributed by atoms with E-state index in [1.807, 2.05) is 18.2 Å². The summed E-state index contributed by atoms with van der Waals surface area (Å²) in [7, 11) is 0. The maximum Gasteiger partial charge on any atom is 0.324 e. The zero-order valence-corrected chi connectivity index (χ0v) is 14.9. The third kappa shape index (κ3) is 3.14. The largest absolute Gasteiger partial charge is 0.337 e. The SMILES string of the molecule is O=C(c1ccc([N+](=O)[O-])s1)N1CCC[C@H](c2nc3ccccc3s2)C1. The Morgan fingerprint density at radius 3 is 2.84 bits per heavy atom. The highest BCUT2D eigenvalue weighted by Gasteiger charge is 2.29. The van der Waals surface area contributed by atoms with Crippen LogP contribution < -0.4 is 0 Å². The number of carbonyl (C=O) groups is 1. The molecule has 128 valence electrons. The molecule has 1 atom stereocenters. The van der Waals surface area contributed by atoms with Gasteiger partial charge < -0.3 is 4.90 Å². The summed E-state index contributed by atoms with van der Waals surface area (Å²) >= 11 is 2.63. The average Bonchev–Trinajstić information content (AvgIpc) is 3.28. The van der Waals surface area contributed by atoms with Crippen LogP contribution in [0.5, 0.6) is 0 Å². The first-order valence-corrected chi connectivity index (χ1v) is 9.64. The number of piperidine rings is 1. The van der Waals surface area contributed by atoms with Crippen LogP contribution >= 0.6 is 22.7 Å². The molecule has 0 radical (unpaired) electrons. The van der Waals surface area contributed by atoms with Crippen LogP contribution in [0.15, 0.2) is 36.4 Å². The van der Waals surface area contributed by atoms with Crippen LogP contribution in [-0.4, -0.2) is 33.8 Å². The predicted molar refractivity (Wildman–Crippen MR) is 98.5 cm³/mol. The lowest BCUT2D eigenvalue weighted by molar-refractivity contribution is -0.380. The lowest BCUT2D eigenvalue weighted by Gasteiger charge is -2.31. The van der Waals surface area contributed by atoms with E-state index in [0.29, 0.717) is 18.0 Å². The van der Waals surface area contributed by atoms with Crippen molar-refractivity contribution in [2.24, 2.45) is 0 Å². The van der Waals surface area contributed by atoms with E-state index in [1.165, 1.54) is 6.07 Å². The first-order valence-electron chi connectivity index (χ1n) is 8.01. The van der Waals surface area contributed by atoms with E-state index < -0.39 is 4.92 Å². The minimum absolute atomic E-state index is 0.00285. The van der Waals surface area contributed by atoms with E-state index in [-0.39, 0.29) is 16.8 Å². The van der Waals surface area contributed by atoms with Gasteiger partial charge in [-0.2, -0.15) is 0 Å². The van der Waals surface area contributed by atoms with Gasteiger partial charge in [0.2, 0.25) is 0 Å². The first kappa shape index (κ1) is 16.2. The Bertz CT molecular complexity index is 916. The molecular weight excluding hydrogens is 358 g/mol. The van der Waals surface area contributed by atoms with Gasteiger partial charge in [0.15, 0.2) is 0 Å². The van der Waals surface area contributed by atoms with Crippen LogP contribution in [0.1, 0.15) is 33.4 Å². The van der Waals surface area contributed by atoms with Crippen molar-refractivity contribution in [2.45, 2.75) is 18.8 Å². The summed E-state index contributed by atoms with van der Waals surface area (Å²) in [6.07, 6.45) is 1.92. The van der Waals surface area contributed by atoms with Gasteiger partial charge in [-0.15, -0.1) is 11.3 Å². The van der Waals surface area contributed by atoms with Crippen molar-refractivity contribution >= 4 is 43.8 Å². The van der Waals surface area contributed by atoms with Crippen molar-refractivity contribution in [1.82, 2.24) is 9.88 Å². The van der Waals surface area contributed by atoms with Gasteiger partial charge in [0, 0.05) is 25.1 Å². The number of para-hydroxylation sites is 1. The second-order valence-corrected chi connectivity index (χ2v) is 8.13. The molecule has 1 amide bonds. The normalized spacial score (nSPS) is 17.8. The predicted octanol–water partition coefficient (Wildman–Crippen LogP) is 4.29. The number of hydrogen-bond donors (Lipinski definition) is 0. The van der Waals surface area contributed by atoms with E-state index in [1.54, 1.807) is 22.3 Å². The molecule has 0 spiro atoms. The highest BCUT2D eigenvalue weighted by atomic mass is 32.1. The zero-order chi connectivity index (χ0) is 17.4. The lowest BCUT2D eigenvalue weighted by atomic mass is 9.98. The Morgan fingerprint density at radius 1 is 1.24 bits per heavy atom. The second-order valence-electron chi connectivity index (χ2n) is 6.01. The van der Waals surface area contributed by atoms with Gasteiger partial charge in [-0.3, -0.25) is 14.9 Å². The molecule has 3 aromatic rings. The molecule has 1 aliphatic rings. The van der Waals surface area contributed by atoms with Gasteiger partial charge >= 0.3 is 5.00 Å². The van der Waals surface area contributed by atoms with Gasteiger partial charge in [0.1, 0.15) is 0 Å². The number of thiophene rings is 1. The Morgan fingerprint density at radius 2 is 2.08 bits per heavy atom. The van der Waals surface area contributed by atoms with E-state index in [2.05, 4.69) is 6.07 Å². The first-order chi connectivity index (χ1) is 12.1. The van der Waals surface area contributed by atoms with Crippen LogP contribution in [-0.2, 0) is 0 Å². The second kappa shape index (κ2) is 6.53. The molecule has 2 aromatic heterocycles. The van der Waals surface area contributed by atoms with Gasteiger partial charge in [-0.05, 0) is 31.0 Å². The van der Waals surface area contributed by atoms with E-state index in [4.69, 9.17) is 4.98 Å². The number of nitrogens with zero attached hydrogens (tertiary/aromatic N) is 3. The summed E-state index contributed by atoms with van der Waals surface area (Å²) in [4.78, 5) is 30.0. The number of benzene rings is 1. The summed E-state index contributed by atoms with van der Waals surface area (Å²) in [5, 5.41) is 11.9. The number of rotatable bonds is 3. The van der Waals surface area contributed by atoms with Gasteiger partial charge in [0.05, 0.1) is 25.0 Å². The Balaban J connectivity index is 1.53.